The topological polar surface area (TPSA) is 52.6 Å². The van der Waals surface area contributed by atoms with Crippen LogP contribution >= 0.6 is 0 Å². The second-order valence-electron chi connectivity index (χ2n) is 7.32. The standard InChI is InChI=1S/C22H30O4/c1-15-7-5-9-19(14-25-18(4)23)10-6-8-16(2)13-21-20(12-11-15)17(3)22(24)26-21/h7,10,13,20-21H,3,5-6,8-9,11-12,14H2,1-2,4H3/b15-7+,16-13+,19-10-/t20-,21-/m0/s1. The van der Waals surface area contributed by atoms with E-state index in [1.165, 1.54) is 18.1 Å². The molecule has 0 N–H and O–H groups in total. The first-order valence-corrected chi connectivity index (χ1v) is 9.40. The van der Waals surface area contributed by atoms with Crippen LogP contribution in [0.25, 0.3) is 0 Å². The number of hydrogen-bond acceptors (Lipinski definition) is 4. The van der Waals surface area contributed by atoms with E-state index in [2.05, 4.69) is 38.7 Å². The summed E-state index contributed by atoms with van der Waals surface area (Å²) < 4.78 is 10.7. The first-order chi connectivity index (χ1) is 12.4. The first kappa shape index (κ1) is 20.2. The van der Waals surface area contributed by atoms with E-state index in [0.29, 0.717) is 12.2 Å². The Kier molecular flexibility index (Phi) is 7.43. The van der Waals surface area contributed by atoms with Crippen LogP contribution in [0.3, 0.4) is 0 Å². The molecule has 4 heteroatoms. The van der Waals surface area contributed by atoms with Crippen molar-refractivity contribution in [2.24, 2.45) is 5.92 Å². The largest absolute Gasteiger partial charge is 0.461 e. The van der Waals surface area contributed by atoms with Crippen molar-refractivity contribution in [3.8, 4) is 0 Å². The Hall–Kier alpha value is -2.10. The number of hydrogen-bond donors (Lipinski definition) is 0. The number of fused-ring (bicyclic) bond motifs is 1. The summed E-state index contributed by atoms with van der Waals surface area (Å²) >= 11 is 0. The number of allylic oxidation sites excluding steroid dienone is 4. The molecule has 2 aliphatic rings. The van der Waals surface area contributed by atoms with Crippen molar-refractivity contribution in [3.63, 3.8) is 0 Å². The number of rotatable bonds is 2. The molecule has 0 bridgehead atoms. The molecular formula is C22H30O4. The van der Waals surface area contributed by atoms with Crippen LogP contribution in [0.2, 0.25) is 0 Å². The zero-order chi connectivity index (χ0) is 19.1. The molecule has 1 saturated heterocycles. The molecule has 1 aliphatic carbocycles. The van der Waals surface area contributed by atoms with Crippen molar-refractivity contribution in [1.82, 2.24) is 0 Å². The van der Waals surface area contributed by atoms with Gasteiger partial charge in [-0.25, -0.2) is 4.79 Å². The second-order valence-corrected chi connectivity index (χ2v) is 7.32. The Morgan fingerprint density at radius 2 is 1.92 bits per heavy atom. The molecule has 0 aromatic rings. The predicted molar refractivity (Wildman–Crippen MR) is 102 cm³/mol. The van der Waals surface area contributed by atoms with Crippen molar-refractivity contribution >= 4 is 11.9 Å². The minimum Gasteiger partial charge on any atom is -0.461 e. The molecule has 1 heterocycles. The van der Waals surface area contributed by atoms with Crippen LogP contribution in [0.15, 0.2) is 47.1 Å². The van der Waals surface area contributed by atoms with Crippen LogP contribution in [0, 0.1) is 5.92 Å². The van der Waals surface area contributed by atoms with Gasteiger partial charge >= 0.3 is 11.9 Å². The highest BCUT2D eigenvalue weighted by atomic mass is 16.6. The smallest absolute Gasteiger partial charge is 0.334 e. The van der Waals surface area contributed by atoms with Gasteiger partial charge in [0.1, 0.15) is 12.7 Å². The third-order valence-electron chi connectivity index (χ3n) is 5.04. The van der Waals surface area contributed by atoms with Crippen LogP contribution in [-0.2, 0) is 19.1 Å². The summed E-state index contributed by atoms with van der Waals surface area (Å²) in [6.45, 7) is 9.94. The fraction of sp³-hybridized carbons (Fsp3) is 0.545. The molecule has 142 valence electrons. The monoisotopic (exact) mass is 358 g/mol. The van der Waals surface area contributed by atoms with Crippen molar-refractivity contribution in [2.75, 3.05) is 6.61 Å². The molecule has 4 nitrogen and oxygen atoms in total. The Morgan fingerprint density at radius 1 is 1.19 bits per heavy atom. The Morgan fingerprint density at radius 3 is 2.65 bits per heavy atom. The SMILES string of the molecule is C=C1C(=O)O[C@H]2/C=C(\C)CC/C=C(\COC(C)=O)CC/C=C(\C)CC[C@@H]12. The van der Waals surface area contributed by atoms with Gasteiger partial charge in [-0.1, -0.05) is 29.9 Å². The maximum Gasteiger partial charge on any atom is 0.334 e. The van der Waals surface area contributed by atoms with Gasteiger partial charge in [0.25, 0.3) is 0 Å². The van der Waals surface area contributed by atoms with Crippen LogP contribution in [-0.4, -0.2) is 24.6 Å². The van der Waals surface area contributed by atoms with Gasteiger partial charge in [0, 0.05) is 18.4 Å². The van der Waals surface area contributed by atoms with Gasteiger partial charge in [0.2, 0.25) is 0 Å². The molecule has 0 unspecified atom stereocenters. The van der Waals surface area contributed by atoms with E-state index in [1.54, 1.807) is 0 Å². The van der Waals surface area contributed by atoms with Crippen LogP contribution < -0.4 is 0 Å². The van der Waals surface area contributed by atoms with E-state index < -0.39 is 0 Å². The average Bonchev–Trinajstić information content (AvgIpc) is 2.83. The molecule has 1 fully saturated rings. The molecular weight excluding hydrogens is 328 g/mol. The molecule has 26 heavy (non-hydrogen) atoms. The van der Waals surface area contributed by atoms with E-state index >= 15 is 0 Å². The molecule has 2 atom stereocenters. The van der Waals surface area contributed by atoms with Crippen LogP contribution in [0.5, 0.6) is 0 Å². The highest BCUT2D eigenvalue weighted by molar-refractivity contribution is 5.91. The van der Waals surface area contributed by atoms with Crippen molar-refractivity contribution in [2.45, 2.75) is 65.4 Å². The normalized spacial score (nSPS) is 31.3. The number of carbonyl (C=O) groups is 2. The van der Waals surface area contributed by atoms with E-state index in [9.17, 15) is 9.59 Å². The summed E-state index contributed by atoms with van der Waals surface area (Å²) in [5.41, 5.74) is 4.27. The molecule has 0 radical (unpaired) electrons. The van der Waals surface area contributed by atoms with Gasteiger partial charge in [-0.3, -0.25) is 4.79 Å². The minimum absolute atomic E-state index is 0.0683. The Labute approximate surface area is 156 Å². The molecule has 0 saturated carbocycles. The number of ether oxygens (including phenoxy) is 2. The zero-order valence-corrected chi connectivity index (χ0v) is 16.2. The van der Waals surface area contributed by atoms with E-state index in [-0.39, 0.29) is 24.0 Å². The maximum absolute atomic E-state index is 11.9. The lowest BCUT2D eigenvalue weighted by Crippen LogP contribution is -2.15. The Balaban J connectivity index is 2.15. The van der Waals surface area contributed by atoms with Gasteiger partial charge in [-0.05, 0) is 64.0 Å². The van der Waals surface area contributed by atoms with Gasteiger partial charge in [-0.15, -0.1) is 0 Å². The zero-order valence-electron chi connectivity index (χ0n) is 16.2. The van der Waals surface area contributed by atoms with E-state index in [1.807, 2.05) is 0 Å². The van der Waals surface area contributed by atoms with Gasteiger partial charge in [0.05, 0.1) is 0 Å². The number of esters is 2. The summed E-state index contributed by atoms with van der Waals surface area (Å²) in [5.74, 6) is -0.445. The molecule has 1 aliphatic heterocycles. The van der Waals surface area contributed by atoms with E-state index in [0.717, 1.165) is 44.1 Å². The highest BCUT2D eigenvalue weighted by Gasteiger charge is 2.36. The van der Waals surface area contributed by atoms with Crippen LogP contribution in [0.1, 0.15) is 59.3 Å². The average molecular weight is 358 g/mol. The predicted octanol–water partition coefficient (Wildman–Crippen LogP) is 4.82. The Bertz CT molecular complexity index is 651. The summed E-state index contributed by atoms with van der Waals surface area (Å²) in [6.07, 6.45) is 11.7. The molecule has 0 amide bonds. The van der Waals surface area contributed by atoms with Crippen molar-refractivity contribution < 1.29 is 19.1 Å². The fourth-order valence-electron chi connectivity index (χ4n) is 3.40. The number of carbonyl (C=O) groups excluding carboxylic acids is 2. The summed E-state index contributed by atoms with van der Waals surface area (Å²) in [5, 5.41) is 0. The van der Waals surface area contributed by atoms with Gasteiger partial charge in [0.15, 0.2) is 0 Å². The van der Waals surface area contributed by atoms with Crippen molar-refractivity contribution in [3.05, 3.63) is 47.1 Å². The van der Waals surface area contributed by atoms with Crippen LogP contribution in [0.4, 0.5) is 0 Å². The maximum atomic E-state index is 11.9. The lowest BCUT2D eigenvalue weighted by molar-refractivity contribution is -0.140. The third kappa shape index (κ3) is 6.01. The lowest BCUT2D eigenvalue weighted by Gasteiger charge is -2.16. The molecule has 0 aromatic heterocycles. The summed E-state index contributed by atoms with van der Waals surface area (Å²) in [4.78, 5) is 23.0. The third-order valence-corrected chi connectivity index (χ3v) is 5.04. The van der Waals surface area contributed by atoms with Crippen molar-refractivity contribution in [1.29, 1.82) is 0 Å². The van der Waals surface area contributed by atoms with Gasteiger partial charge in [-0.2, -0.15) is 0 Å². The second kappa shape index (κ2) is 9.56. The first-order valence-electron chi connectivity index (χ1n) is 9.40. The molecule has 0 aromatic carbocycles. The quantitative estimate of drug-likeness (QED) is 0.403. The fourth-order valence-corrected chi connectivity index (χ4v) is 3.40. The highest BCUT2D eigenvalue weighted by Crippen LogP contribution is 2.33. The van der Waals surface area contributed by atoms with E-state index in [4.69, 9.17) is 9.47 Å². The minimum atomic E-state index is -0.265. The summed E-state index contributed by atoms with van der Waals surface area (Å²) in [7, 11) is 0. The van der Waals surface area contributed by atoms with Gasteiger partial charge < -0.3 is 9.47 Å². The molecule has 0 spiro atoms. The summed E-state index contributed by atoms with van der Waals surface area (Å²) in [6, 6.07) is 0. The molecule has 2 rings (SSSR count). The lowest BCUT2D eigenvalue weighted by atomic mass is 9.89.